The number of ether oxygens (including phenoxy) is 1. The van der Waals surface area contributed by atoms with Crippen molar-refractivity contribution in [1.29, 1.82) is 0 Å². The number of Topliss-reactive ketones (excluding diaryl/α,β-unsaturated/α-hetero) is 1. The molecule has 1 aliphatic carbocycles. The molecule has 5 rings (SSSR count). The van der Waals surface area contributed by atoms with Crippen molar-refractivity contribution in [2.45, 2.75) is 46.6 Å². The lowest BCUT2D eigenvalue weighted by Gasteiger charge is -2.39. The number of ketones is 1. The fourth-order valence-electron chi connectivity index (χ4n) is 5.06. The van der Waals surface area contributed by atoms with Gasteiger partial charge < -0.3 is 15.4 Å². The number of amides is 1. The van der Waals surface area contributed by atoms with Gasteiger partial charge in [0.1, 0.15) is 23.2 Å². The van der Waals surface area contributed by atoms with E-state index in [4.69, 9.17) is 4.74 Å². The predicted octanol–water partition coefficient (Wildman–Crippen LogP) is 5.50. The van der Waals surface area contributed by atoms with E-state index in [1.165, 1.54) is 0 Å². The van der Waals surface area contributed by atoms with Crippen LogP contribution in [0.1, 0.15) is 61.1 Å². The highest BCUT2D eigenvalue weighted by atomic mass is 16.5. The first-order chi connectivity index (χ1) is 16.8. The summed E-state index contributed by atoms with van der Waals surface area (Å²) < 4.78 is 7.27. The maximum absolute atomic E-state index is 13.4. The highest BCUT2D eigenvalue weighted by Crippen LogP contribution is 2.46. The number of allylic oxidation sites excluding steroid dienone is 2. The standard InChI is InChI=1S/C28H30N4O3/c1-5-35-19-12-10-18(11-13-19)30-27(34)21-16-29-32-25(20-9-7-6-8-17(20)2)24-22(31-26(21)32)14-28(3,4)15-23(24)33/h6-13,16,25,31H,5,14-15H2,1-4H3,(H,30,34)/t25-/m0/s1. The number of carbonyl (C=O) groups is 2. The molecule has 35 heavy (non-hydrogen) atoms. The van der Waals surface area contributed by atoms with E-state index >= 15 is 0 Å². The summed E-state index contributed by atoms with van der Waals surface area (Å²) in [5.74, 6) is 1.21. The first-order valence-electron chi connectivity index (χ1n) is 12.0. The lowest BCUT2D eigenvalue weighted by atomic mass is 9.72. The molecule has 1 aliphatic heterocycles. The van der Waals surface area contributed by atoms with E-state index in [1.54, 1.807) is 10.9 Å². The van der Waals surface area contributed by atoms with Crippen molar-refractivity contribution in [1.82, 2.24) is 9.78 Å². The molecule has 3 aromatic rings. The van der Waals surface area contributed by atoms with Crippen LogP contribution in [0.15, 0.2) is 66.0 Å². The molecular formula is C28H30N4O3. The molecule has 0 fully saturated rings. The third-order valence-electron chi connectivity index (χ3n) is 6.65. The molecule has 0 saturated carbocycles. The summed E-state index contributed by atoms with van der Waals surface area (Å²) in [5.41, 5.74) is 4.64. The molecule has 0 radical (unpaired) electrons. The molecule has 2 heterocycles. The molecule has 7 heteroatoms. The number of benzene rings is 2. The first kappa shape index (κ1) is 22.9. The fourth-order valence-corrected chi connectivity index (χ4v) is 5.06. The van der Waals surface area contributed by atoms with Gasteiger partial charge in [-0.15, -0.1) is 0 Å². The van der Waals surface area contributed by atoms with Gasteiger partial charge in [-0.3, -0.25) is 9.59 Å². The minimum absolute atomic E-state index is 0.124. The number of nitrogens with zero attached hydrogens (tertiary/aromatic N) is 2. The third-order valence-corrected chi connectivity index (χ3v) is 6.65. The van der Waals surface area contributed by atoms with Crippen LogP contribution in [0.25, 0.3) is 0 Å². The van der Waals surface area contributed by atoms with E-state index < -0.39 is 0 Å². The molecule has 0 spiro atoms. The Morgan fingerprint density at radius 1 is 1.17 bits per heavy atom. The number of aromatic nitrogens is 2. The van der Waals surface area contributed by atoms with Crippen LogP contribution in [0.5, 0.6) is 5.75 Å². The zero-order valence-electron chi connectivity index (χ0n) is 20.5. The summed E-state index contributed by atoms with van der Waals surface area (Å²) in [5, 5.41) is 11.0. The molecule has 7 nitrogen and oxygen atoms in total. The smallest absolute Gasteiger partial charge is 0.261 e. The van der Waals surface area contributed by atoms with Crippen molar-refractivity contribution in [3.05, 3.63) is 82.7 Å². The van der Waals surface area contributed by atoms with Gasteiger partial charge in [-0.1, -0.05) is 38.1 Å². The van der Waals surface area contributed by atoms with Gasteiger partial charge in [0.05, 0.1) is 12.8 Å². The number of rotatable bonds is 5. The Morgan fingerprint density at radius 2 is 1.91 bits per heavy atom. The minimum Gasteiger partial charge on any atom is -0.494 e. The number of hydrogen-bond acceptors (Lipinski definition) is 5. The number of carbonyl (C=O) groups excluding carboxylic acids is 2. The van der Waals surface area contributed by atoms with Gasteiger partial charge in [0, 0.05) is 23.4 Å². The van der Waals surface area contributed by atoms with Gasteiger partial charge in [-0.05, 0) is 61.1 Å². The Labute approximate surface area is 205 Å². The van der Waals surface area contributed by atoms with Crippen LogP contribution in [0.3, 0.4) is 0 Å². The summed E-state index contributed by atoms with van der Waals surface area (Å²) in [4.78, 5) is 26.7. The number of hydrogen-bond donors (Lipinski definition) is 2. The molecular weight excluding hydrogens is 440 g/mol. The van der Waals surface area contributed by atoms with Gasteiger partial charge in [-0.2, -0.15) is 5.10 Å². The van der Waals surface area contributed by atoms with Gasteiger partial charge in [-0.25, -0.2) is 4.68 Å². The minimum atomic E-state index is -0.377. The average Bonchev–Trinajstić information content (AvgIpc) is 3.22. The normalized spacial score (nSPS) is 18.4. The van der Waals surface area contributed by atoms with Crippen LogP contribution in [-0.2, 0) is 4.79 Å². The molecule has 0 saturated heterocycles. The monoisotopic (exact) mass is 470 g/mol. The van der Waals surface area contributed by atoms with E-state index in [0.717, 1.165) is 34.6 Å². The van der Waals surface area contributed by atoms with E-state index in [0.29, 0.717) is 30.1 Å². The summed E-state index contributed by atoms with van der Waals surface area (Å²) >= 11 is 0. The van der Waals surface area contributed by atoms with Crippen LogP contribution < -0.4 is 15.4 Å². The van der Waals surface area contributed by atoms with Crippen molar-refractivity contribution >= 4 is 23.2 Å². The molecule has 0 bridgehead atoms. The van der Waals surface area contributed by atoms with E-state index in [2.05, 4.69) is 29.6 Å². The number of anilines is 2. The van der Waals surface area contributed by atoms with Crippen LogP contribution in [0.2, 0.25) is 0 Å². The fraction of sp³-hybridized carbons (Fsp3) is 0.321. The van der Waals surface area contributed by atoms with Gasteiger partial charge in [0.25, 0.3) is 5.91 Å². The lowest BCUT2D eigenvalue weighted by molar-refractivity contribution is -0.118. The number of aryl methyl sites for hydroxylation is 1. The predicted molar refractivity (Wildman–Crippen MR) is 136 cm³/mol. The highest BCUT2D eigenvalue weighted by molar-refractivity contribution is 6.08. The van der Waals surface area contributed by atoms with Gasteiger partial charge in [0.15, 0.2) is 5.78 Å². The van der Waals surface area contributed by atoms with Crippen molar-refractivity contribution in [2.24, 2.45) is 5.41 Å². The topological polar surface area (TPSA) is 85.2 Å². The van der Waals surface area contributed by atoms with Gasteiger partial charge >= 0.3 is 0 Å². The van der Waals surface area contributed by atoms with E-state index in [1.807, 2.05) is 62.4 Å². The molecule has 0 unspecified atom stereocenters. The zero-order valence-corrected chi connectivity index (χ0v) is 20.5. The zero-order chi connectivity index (χ0) is 24.7. The van der Waals surface area contributed by atoms with Crippen LogP contribution in [0, 0.1) is 12.3 Å². The third kappa shape index (κ3) is 4.22. The Kier molecular flexibility index (Phi) is 5.71. The summed E-state index contributed by atoms with van der Waals surface area (Å²) in [6.07, 6.45) is 2.78. The van der Waals surface area contributed by atoms with Crippen molar-refractivity contribution < 1.29 is 14.3 Å². The quantitative estimate of drug-likeness (QED) is 0.514. The molecule has 2 N–H and O–H groups in total. The second-order valence-electron chi connectivity index (χ2n) is 9.98. The highest BCUT2D eigenvalue weighted by Gasteiger charge is 2.42. The van der Waals surface area contributed by atoms with Crippen LogP contribution in [-0.4, -0.2) is 28.1 Å². The van der Waals surface area contributed by atoms with Crippen molar-refractivity contribution in [2.75, 3.05) is 17.2 Å². The second-order valence-corrected chi connectivity index (χ2v) is 9.98. The molecule has 2 aliphatic rings. The molecule has 1 atom stereocenters. The summed E-state index contributed by atoms with van der Waals surface area (Å²) in [6, 6.07) is 14.9. The molecule has 2 aromatic carbocycles. The molecule has 180 valence electrons. The summed E-state index contributed by atoms with van der Waals surface area (Å²) in [6.45, 7) is 8.75. The maximum atomic E-state index is 13.4. The number of fused-ring (bicyclic) bond motifs is 1. The first-order valence-corrected chi connectivity index (χ1v) is 12.0. The van der Waals surface area contributed by atoms with Crippen molar-refractivity contribution in [3.8, 4) is 5.75 Å². The second kappa shape index (κ2) is 8.73. The van der Waals surface area contributed by atoms with Crippen molar-refractivity contribution in [3.63, 3.8) is 0 Å². The Morgan fingerprint density at radius 3 is 2.63 bits per heavy atom. The molecule has 1 amide bonds. The molecule has 1 aromatic heterocycles. The Bertz CT molecular complexity index is 1330. The lowest BCUT2D eigenvalue weighted by Crippen LogP contribution is -2.37. The maximum Gasteiger partial charge on any atom is 0.261 e. The van der Waals surface area contributed by atoms with Gasteiger partial charge in [0.2, 0.25) is 0 Å². The number of nitrogens with one attached hydrogen (secondary N) is 2. The van der Waals surface area contributed by atoms with Crippen LogP contribution in [0.4, 0.5) is 11.5 Å². The Hall–Kier alpha value is -3.87. The largest absolute Gasteiger partial charge is 0.494 e. The van der Waals surface area contributed by atoms with E-state index in [9.17, 15) is 9.59 Å². The van der Waals surface area contributed by atoms with Crippen LogP contribution >= 0.6 is 0 Å². The summed E-state index contributed by atoms with van der Waals surface area (Å²) in [7, 11) is 0. The Balaban J connectivity index is 1.54. The van der Waals surface area contributed by atoms with E-state index in [-0.39, 0.29) is 23.1 Å². The SMILES string of the molecule is CCOc1ccc(NC(=O)c2cnn3c2NC2=C(C(=O)CC(C)(C)C2)[C@@H]3c2ccccc2C)cc1. The average molecular weight is 471 g/mol.